The number of amides is 1. The zero-order valence-corrected chi connectivity index (χ0v) is 12.3. The first kappa shape index (κ1) is 16.1. The molecule has 0 radical (unpaired) electrons. The first-order chi connectivity index (χ1) is 8.70. The number of carbonyl (C=O) groups excluding carboxylic acids is 2. The summed E-state index contributed by atoms with van der Waals surface area (Å²) in [5, 5.41) is 0. The molecule has 19 heavy (non-hydrogen) atoms. The molecule has 7 heteroatoms. The van der Waals surface area contributed by atoms with Crippen LogP contribution < -0.4 is 5.73 Å². The van der Waals surface area contributed by atoms with Gasteiger partial charge in [-0.2, -0.15) is 0 Å². The first-order valence-electron chi connectivity index (χ1n) is 5.30. The molecular formula is C12H12Cl3NO3. The van der Waals surface area contributed by atoms with Gasteiger partial charge in [0.25, 0.3) is 0 Å². The number of rotatable bonds is 4. The van der Waals surface area contributed by atoms with Gasteiger partial charge in [-0.15, -0.1) is 0 Å². The molecule has 0 aliphatic carbocycles. The molecule has 0 fully saturated rings. The Labute approximate surface area is 125 Å². The Morgan fingerprint density at radius 2 is 1.79 bits per heavy atom. The minimum absolute atomic E-state index is 0.437. The zero-order valence-electron chi connectivity index (χ0n) is 10.0. The Balaban J connectivity index is 2.86. The predicted molar refractivity (Wildman–Crippen MR) is 74.4 cm³/mol. The number of ether oxygens (including phenoxy) is 1. The second kappa shape index (κ2) is 6.46. The molecule has 1 atom stereocenters. The molecule has 0 heterocycles. The summed E-state index contributed by atoms with van der Waals surface area (Å²) in [5.41, 5.74) is 6.63. The van der Waals surface area contributed by atoms with Crippen molar-refractivity contribution in [3.05, 3.63) is 35.4 Å². The number of nitrogens with two attached hydrogens (primary N) is 1. The lowest BCUT2D eigenvalue weighted by molar-refractivity contribution is -0.148. The van der Waals surface area contributed by atoms with Gasteiger partial charge in [-0.05, 0) is 12.5 Å². The predicted octanol–water partition coefficient (Wildman–Crippen LogP) is 2.48. The summed E-state index contributed by atoms with van der Waals surface area (Å²) in [7, 11) is 0. The molecule has 1 unspecified atom stereocenters. The smallest absolute Gasteiger partial charge is 0.323 e. The van der Waals surface area contributed by atoms with Gasteiger partial charge in [0.15, 0.2) is 5.92 Å². The van der Waals surface area contributed by atoms with Crippen LogP contribution in [0.3, 0.4) is 0 Å². The Kier molecular flexibility index (Phi) is 5.47. The molecular weight excluding hydrogens is 312 g/mol. The van der Waals surface area contributed by atoms with Gasteiger partial charge in [-0.3, -0.25) is 9.59 Å². The SMILES string of the molecule is Cc1ccc(C(C(N)=O)C(=O)OCC(Cl)(Cl)Cl)cc1. The van der Waals surface area contributed by atoms with Crippen molar-refractivity contribution in [3.8, 4) is 0 Å². The molecule has 1 aromatic rings. The lowest BCUT2D eigenvalue weighted by Gasteiger charge is -2.16. The van der Waals surface area contributed by atoms with Crippen molar-refractivity contribution in [2.45, 2.75) is 16.6 Å². The minimum Gasteiger partial charge on any atom is -0.460 e. The van der Waals surface area contributed by atoms with Gasteiger partial charge in [0.1, 0.15) is 6.61 Å². The summed E-state index contributed by atoms with van der Waals surface area (Å²) >= 11 is 16.4. The Morgan fingerprint density at radius 1 is 1.26 bits per heavy atom. The highest BCUT2D eigenvalue weighted by Crippen LogP contribution is 2.27. The number of hydrogen-bond donors (Lipinski definition) is 1. The van der Waals surface area contributed by atoms with Crippen LogP contribution in [0.25, 0.3) is 0 Å². The Morgan fingerprint density at radius 3 is 2.21 bits per heavy atom. The van der Waals surface area contributed by atoms with Gasteiger partial charge in [0, 0.05) is 0 Å². The summed E-state index contributed by atoms with van der Waals surface area (Å²) in [4.78, 5) is 23.2. The lowest BCUT2D eigenvalue weighted by atomic mass is 9.98. The van der Waals surface area contributed by atoms with E-state index in [2.05, 4.69) is 0 Å². The van der Waals surface area contributed by atoms with Crippen molar-refractivity contribution in [1.29, 1.82) is 0 Å². The average Bonchev–Trinajstić information content (AvgIpc) is 2.28. The first-order valence-corrected chi connectivity index (χ1v) is 6.43. The molecule has 1 amide bonds. The van der Waals surface area contributed by atoms with Crippen LogP contribution in [0, 0.1) is 6.92 Å². The van der Waals surface area contributed by atoms with E-state index < -0.39 is 28.2 Å². The lowest BCUT2D eigenvalue weighted by Crippen LogP contribution is -2.31. The maximum Gasteiger partial charge on any atom is 0.323 e. The molecule has 1 rings (SSSR count). The molecule has 0 aliphatic heterocycles. The second-order valence-corrected chi connectivity index (χ2v) is 6.49. The van der Waals surface area contributed by atoms with Crippen molar-refractivity contribution in [2.24, 2.45) is 5.73 Å². The summed E-state index contributed by atoms with van der Waals surface area (Å²) < 4.78 is 3.05. The van der Waals surface area contributed by atoms with Crippen LogP contribution in [-0.4, -0.2) is 22.3 Å². The molecule has 1 aromatic carbocycles. The van der Waals surface area contributed by atoms with E-state index in [9.17, 15) is 9.59 Å². The third kappa shape index (κ3) is 5.27. The number of hydrogen-bond acceptors (Lipinski definition) is 3. The van der Waals surface area contributed by atoms with E-state index in [1.54, 1.807) is 24.3 Å². The van der Waals surface area contributed by atoms with Crippen molar-refractivity contribution >= 4 is 46.7 Å². The van der Waals surface area contributed by atoms with Gasteiger partial charge in [0.05, 0.1) is 0 Å². The molecule has 2 N–H and O–H groups in total. The standard InChI is InChI=1S/C12H12Cl3NO3/c1-7-2-4-8(5-3-7)9(10(16)17)11(18)19-6-12(13,14)15/h2-5,9H,6H2,1H3,(H2,16,17). The van der Waals surface area contributed by atoms with E-state index in [-0.39, 0.29) is 0 Å². The van der Waals surface area contributed by atoms with Crippen LogP contribution >= 0.6 is 34.8 Å². The average molecular weight is 325 g/mol. The number of alkyl halides is 3. The molecule has 0 spiro atoms. The van der Waals surface area contributed by atoms with E-state index in [0.29, 0.717) is 5.56 Å². The van der Waals surface area contributed by atoms with Crippen LogP contribution in [0.15, 0.2) is 24.3 Å². The van der Waals surface area contributed by atoms with E-state index in [1.165, 1.54) is 0 Å². The third-order valence-corrected chi connectivity index (χ3v) is 2.64. The minimum atomic E-state index is -1.73. The highest BCUT2D eigenvalue weighted by atomic mass is 35.6. The molecule has 0 bridgehead atoms. The Bertz CT molecular complexity index is 468. The van der Waals surface area contributed by atoms with Crippen molar-refractivity contribution in [1.82, 2.24) is 0 Å². The van der Waals surface area contributed by atoms with Crippen molar-refractivity contribution in [2.75, 3.05) is 6.61 Å². The number of primary amides is 1. The highest BCUT2D eigenvalue weighted by Gasteiger charge is 2.30. The molecule has 0 saturated carbocycles. The third-order valence-electron chi connectivity index (χ3n) is 2.31. The molecule has 104 valence electrons. The number of esters is 1. The quantitative estimate of drug-likeness (QED) is 0.525. The molecule has 4 nitrogen and oxygen atoms in total. The van der Waals surface area contributed by atoms with E-state index in [1.807, 2.05) is 6.92 Å². The summed E-state index contributed by atoms with van der Waals surface area (Å²) in [6, 6.07) is 6.77. The fourth-order valence-corrected chi connectivity index (χ4v) is 1.58. The van der Waals surface area contributed by atoms with Gasteiger partial charge >= 0.3 is 5.97 Å². The van der Waals surface area contributed by atoms with Gasteiger partial charge in [0.2, 0.25) is 9.70 Å². The van der Waals surface area contributed by atoms with Crippen molar-refractivity contribution < 1.29 is 14.3 Å². The van der Waals surface area contributed by atoms with E-state index >= 15 is 0 Å². The normalized spacial score (nSPS) is 12.8. The number of carbonyl (C=O) groups is 2. The van der Waals surface area contributed by atoms with Crippen LogP contribution in [0.1, 0.15) is 17.0 Å². The van der Waals surface area contributed by atoms with Crippen LogP contribution in [0.2, 0.25) is 0 Å². The topological polar surface area (TPSA) is 69.4 Å². The fourth-order valence-electron chi connectivity index (χ4n) is 1.41. The van der Waals surface area contributed by atoms with Crippen LogP contribution in [-0.2, 0) is 14.3 Å². The Hall–Kier alpha value is -0.970. The van der Waals surface area contributed by atoms with E-state index in [0.717, 1.165) is 5.56 Å². The van der Waals surface area contributed by atoms with Gasteiger partial charge < -0.3 is 10.5 Å². The maximum atomic E-state index is 11.8. The highest BCUT2D eigenvalue weighted by molar-refractivity contribution is 6.67. The second-order valence-electron chi connectivity index (χ2n) is 3.97. The molecule has 0 aliphatic rings. The van der Waals surface area contributed by atoms with Crippen molar-refractivity contribution in [3.63, 3.8) is 0 Å². The monoisotopic (exact) mass is 323 g/mol. The van der Waals surface area contributed by atoms with Gasteiger partial charge in [-0.25, -0.2) is 0 Å². The molecule has 0 saturated heterocycles. The number of benzene rings is 1. The van der Waals surface area contributed by atoms with E-state index in [4.69, 9.17) is 45.3 Å². The fraction of sp³-hybridized carbons (Fsp3) is 0.333. The van der Waals surface area contributed by atoms with Crippen LogP contribution in [0.5, 0.6) is 0 Å². The maximum absolute atomic E-state index is 11.8. The number of halogens is 3. The number of aryl methyl sites for hydroxylation is 1. The van der Waals surface area contributed by atoms with Crippen LogP contribution in [0.4, 0.5) is 0 Å². The summed E-state index contributed by atoms with van der Waals surface area (Å²) in [6.45, 7) is 1.43. The largest absolute Gasteiger partial charge is 0.460 e. The zero-order chi connectivity index (χ0) is 14.6. The molecule has 0 aromatic heterocycles. The summed E-state index contributed by atoms with van der Waals surface area (Å²) in [5.74, 6) is -2.88. The van der Waals surface area contributed by atoms with Gasteiger partial charge in [-0.1, -0.05) is 64.6 Å². The summed E-state index contributed by atoms with van der Waals surface area (Å²) in [6.07, 6.45) is 0.